The number of carbonyl (C=O) groups is 1. The molecular formula is C16H20N4O2. The Morgan fingerprint density at radius 3 is 2.86 bits per heavy atom. The Hall–Kier alpha value is -2.37. The molecule has 2 aromatic rings. The second-order valence-electron chi connectivity index (χ2n) is 5.88. The molecule has 3 N–H and O–H groups in total. The maximum absolute atomic E-state index is 12.2. The normalized spacial score (nSPS) is 15.8. The van der Waals surface area contributed by atoms with E-state index in [1.54, 1.807) is 12.1 Å². The summed E-state index contributed by atoms with van der Waals surface area (Å²) in [4.78, 5) is 28.3. The molecule has 0 aromatic carbocycles. The van der Waals surface area contributed by atoms with Crippen molar-refractivity contribution in [3.05, 3.63) is 40.4 Å². The average Bonchev–Trinajstić information content (AvgIpc) is 2.57. The summed E-state index contributed by atoms with van der Waals surface area (Å²) < 4.78 is 1.31. The second-order valence-corrected chi connectivity index (χ2v) is 5.88. The molecule has 1 aliphatic rings. The van der Waals surface area contributed by atoms with E-state index in [1.807, 2.05) is 0 Å². The summed E-state index contributed by atoms with van der Waals surface area (Å²) in [6, 6.07) is 3.32. The Bertz CT molecular complexity index is 747. The number of nitrogens with two attached hydrogens (primary N) is 1. The molecule has 0 atom stereocenters. The van der Waals surface area contributed by atoms with Crippen molar-refractivity contribution in [1.29, 1.82) is 0 Å². The Labute approximate surface area is 128 Å². The fourth-order valence-corrected chi connectivity index (χ4v) is 2.96. The third kappa shape index (κ3) is 2.95. The molecule has 2 heterocycles. The third-order valence-electron chi connectivity index (χ3n) is 4.27. The van der Waals surface area contributed by atoms with Gasteiger partial charge in [0.15, 0.2) is 0 Å². The molecule has 1 amide bonds. The van der Waals surface area contributed by atoms with E-state index in [0.29, 0.717) is 23.7 Å². The van der Waals surface area contributed by atoms with Gasteiger partial charge in [0.05, 0.1) is 11.8 Å². The zero-order chi connectivity index (χ0) is 15.5. The van der Waals surface area contributed by atoms with E-state index in [0.717, 1.165) is 0 Å². The molecule has 0 spiro atoms. The zero-order valence-corrected chi connectivity index (χ0v) is 12.4. The van der Waals surface area contributed by atoms with Gasteiger partial charge < -0.3 is 11.1 Å². The lowest BCUT2D eigenvalue weighted by molar-refractivity contribution is 0.0943. The van der Waals surface area contributed by atoms with Crippen LogP contribution in [0.15, 0.2) is 29.3 Å². The zero-order valence-electron chi connectivity index (χ0n) is 12.4. The van der Waals surface area contributed by atoms with Crippen molar-refractivity contribution >= 4 is 17.2 Å². The van der Waals surface area contributed by atoms with Gasteiger partial charge in [-0.05, 0) is 30.9 Å². The summed E-state index contributed by atoms with van der Waals surface area (Å²) >= 11 is 0. The largest absolute Gasteiger partial charge is 0.393 e. The van der Waals surface area contributed by atoms with Crippen LogP contribution in [0.2, 0.25) is 0 Å². The lowest BCUT2D eigenvalue weighted by atomic mass is 9.89. The molecule has 6 heteroatoms. The maximum Gasteiger partial charge on any atom is 0.281 e. The van der Waals surface area contributed by atoms with Gasteiger partial charge in [0.25, 0.3) is 11.5 Å². The molecule has 0 radical (unpaired) electrons. The fraction of sp³-hybridized carbons (Fsp3) is 0.438. The minimum Gasteiger partial charge on any atom is -0.393 e. The first-order valence-corrected chi connectivity index (χ1v) is 7.70. The molecule has 22 heavy (non-hydrogen) atoms. The predicted octanol–water partition coefficient (Wildman–Crippen LogP) is 1.59. The van der Waals surface area contributed by atoms with E-state index >= 15 is 0 Å². The Kier molecular flexibility index (Phi) is 4.09. The Balaban J connectivity index is 1.76. The smallest absolute Gasteiger partial charge is 0.281 e. The van der Waals surface area contributed by atoms with Crippen LogP contribution in [0.4, 0.5) is 5.69 Å². The van der Waals surface area contributed by atoms with Crippen molar-refractivity contribution in [3.8, 4) is 0 Å². The highest BCUT2D eigenvalue weighted by atomic mass is 16.1. The number of nitrogen functional groups attached to an aromatic ring is 1. The molecule has 0 unspecified atom stereocenters. The van der Waals surface area contributed by atoms with Crippen LogP contribution in [-0.4, -0.2) is 21.8 Å². The van der Waals surface area contributed by atoms with Crippen molar-refractivity contribution in [2.24, 2.45) is 5.92 Å². The van der Waals surface area contributed by atoms with E-state index < -0.39 is 0 Å². The summed E-state index contributed by atoms with van der Waals surface area (Å²) in [6.07, 6.45) is 8.98. The topological polar surface area (TPSA) is 89.5 Å². The van der Waals surface area contributed by atoms with Crippen molar-refractivity contribution in [2.75, 3.05) is 12.3 Å². The van der Waals surface area contributed by atoms with Crippen LogP contribution >= 0.6 is 0 Å². The van der Waals surface area contributed by atoms with Crippen LogP contribution < -0.4 is 16.6 Å². The Morgan fingerprint density at radius 2 is 2.09 bits per heavy atom. The average molecular weight is 300 g/mol. The lowest BCUT2D eigenvalue weighted by Gasteiger charge is -2.21. The molecule has 6 nitrogen and oxygen atoms in total. The van der Waals surface area contributed by atoms with Gasteiger partial charge in [0, 0.05) is 12.7 Å². The predicted molar refractivity (Wildman–Crippen MR) is 84.8 cm³/mol. The standard InChI is InChI=1S/C16H20N4O2/c17-13-9-18-14-7-6-12(10-20(14)16(13)22)15(21)19-8-11-4-2-1-3-5-11/h6-7,9-11H,1-5,8,17H2,(H,19,21). The SMILES string of the molecule is Nc1cnc2ccc(C(=O)NCC3CCCCC3)cn2c1=O. The van der Waals surface area contributed by atoms with E-state index in [2.05, 4.69) is 10.3 Å². The van der Waals surface area contributed by atoms with Gasteiger partial charge in [-0.25, -0.2) is 4.98 Å². The number of nitrogens with zero attached hydrogens (tertiary/aromatic N) is 2. The Morgan fingerprint density at radius 1 is 1.32 bits per heavy atom. The first kappa shape index (κ1) is 14.6. The summed E-state index contributed by atoms with van der Waals surface area (Å²) in [5.74, 6) is 0.403. The summed E-state index contributed by atoms with van der Waals surface area (Å²) in [6.45, 7) is 0.695. The molecule has 1 saturated carbocycles. The minimum absolute atomic E-state index is 0.0669. The summed E-state index contributed by atoms with van der Waals surface area (Å²) in [7, 11) is 0. The van der Waals surface area contributed by atoms with Crippen molar-refractivity contribution in [1.82, 2.24) is 14.7 Å². The fourth-order valence-electron chi connectivity index (χ4n) is 2.96. The molecule has 0 bridgehead atoms. The van der Waals surface area contributed by atoms with Crippen molar-refractivity contribution < 1.29 is 4.79 Å². The highest BCUT2D eigenvalue weighted by Gasteiger charge is 2.15. The number of anilines is 1. The van der Waals surface area contributed by atoms with Crippen LogP contribution in [0, 0.1) is 5.92 Å². The van der Waals surface area contributed by atoms with Gasteiger partial charge >= 0.3 is 0 Å². The number of pyridine rings is 1. The van der Waals surface area contributed by atoms with Crippen LogP contribution in [-0.2, 0) is 0 Å². The summed E-state index contributed by atoms with van der Waals surface area (Å²) in [5, 5.41) is 2.96. The first-order chi connectivity index (χ1) is 10.6. The van der Waals surface area contributed by atoms with Crippen molar-refractivity contribution in [3.63, 3.8) is 0 Å². The number of nitrogens with one attached hydrogen (secondary N) is 1. The highest BCUT2D eigenvalue weighted by molar-refractivity contribution is 5.94. The van der Waals surface area contributed by atoms with Gasteiger partial charge in [-0.15, -0.1) is 0 Å². The molecular weight excluding hydrogens is 280 g/mol. The molecule has 1 aliphatic carbocycles. The van der Waals surface area contributed by atoms with Gasteiger partial charge in [-0.3, -0.25) is 14.0 Å². The third-order valence-corrected chi connectivity index (χ3v) is 4.27. The minimum atomic E-state index is -0.355. The monoisotopic (exact) mass is 300 g/mol. The number of hydrogen-bond donors (Lipinski definition) is 2. The number of fused-ring (bicyclic) bond motifs is 1. The number of hydrogen-bond acceptors (Lipinski definition) is 4. The molecule has 3 rings (SSSR count). The van der Waals surface area contributed by atoms with Gasteiger partial charge in [-0.1, -0.05) is 19.3 Å². The molecule has 116 valence electrons. The van der Waals surface area contributed by atoms with Crippen LogP contribution in [0.25, 0.3) is 5.65 Å². The second kappa shape index (κ2) is 6.17. The lowest BCUT2D eigenvalue weighted by Crippen LogP contribution is -2.30. The first-order valence-electron chi connectivity index (χ1n) is 7.70. The molecule has 0 aliphatic heterocycles. The quantitative estimate of drug-likeness (QED) is 0.900. The van der Waals surface area contributed by atoms with E-state index in [4.69, 9.17) is 5.73 Å². The van der Waals surface area contributed by atoms with Crippen LogP contribution in [0.3, 0.4) is 0 Å². The summed E-state index contributed by atoms with van der Waals surface area (Å²) in [5.41, 5.74) is 6.20. The van der Waals surface area contributed by atoms with E-state index in [9.17, 15) is 9.59 Å². The van der Waals surface area contributed by atoms with Gasteiger partial charge in [0.2, 0.25) is 0 Å². The number of amides is 1. The van der Waals surface area contributed by atoms with Crippen LogP contribution in [0.5, 0.6) is 0 Å². The van der Waals surface area contributed by atoms with E-state index in [-0.39, 0.29) is 17.2 Å². The number of rotatable bonds is 3. The molecule has 0 saturated heterocycles. The molecule has 1 fully saturated rings. The number of carbonyl (C=O) groups excluding carboxylic acids is 1. The van der Waals surface area contributed by atoms with Gasteiger partial charge in [-0.2, -0.15) is 0 Å². The highest BCUT2D eigenvalue weighted by Crippen LogP contribution is 2.22. The van der Waals surface area contributed by atoms with E-state index in [1.165, 1.54) is 48.9 Å². The maximum atomic E-state index is 12.2. The molecule has 2 aromatic heterocycles. The number of aromatic nitrogens is 2. The van der Waals surface area contributed by atoms with Crippen molar-refractivity contribution in [2.45, 2.75) is 32.1 Å². The van der Waals surface area contributed by atoms with Gasteiger partial charge in [0.1, 0.15) is 11.3 Å². The van der Waals surface area contributed by atoms with Crippen LogP contribution in [0.1, 0.15) is 42.5 Å².